The monoisotopic (exact) mass is 330 g/mol. The van der Waals surface area contributed by atoms with Crippen LogP contribution < -0.4 is 4.90 Å². The van der Waals surface area contributed by atoms with Gasteiger partial charge in [-0.3, -0.25) is 0 Å². The molecule has 0 aromatic carbocycles. The highest BCUT2D eigenvalue weighted by Crippen LogP contribution is 2.30. The Bertz CT molecular complexity index is 962. The summed E-state index contributed by atoms with van der Waals surface area (Å²) in [5, 5.41) is 10.5. The Morgan fingerprint density at radius 3 is 2.96 bits per heavy atom. The first-order chi connectivity index (χ1) is 12.2. The normalized spacial score (nSPS) is 17.4. The highest BCUT2D eigenvalue weighted by atomic mass is 15.2. The Kier molecular flexibility index (Phi) is 3.98. The molecule has 1 saturated heterocycles. The quantitative estimate of drug-likeness (QED) is 0.719. The van der Waals surface area contributed by atoms with E-state index in [1.165, 1.54) is 0 Å². The van der Waals surface area contributed by atoms with E-state index in [-0.39, 0.29) is 0 Å². The lowest BCUT2D eigenvalue weighted by atomic mass is 9.94. The summed E-state index contributed by atoms with van der Waals surface area (Å²) in [6.45, 7) is 3.60. The van der Waals surface area contributed by atoms with Crippen LogP contribution in [0.1, 0.15) is 35.8 Å². The lowest BCUT2D eigenvalue weighted by Crippen LogP contribution is -2.35. The molecular formula is C19H18N6. The maximum Gasteiger partial charge on any atom is 0.161 e. The van der Waals surface area contributed by atoms with Crippen LogP contribution >= 0.6 is 0 Å². The van der Waals surface area contributed by atoms with Gasteiger partial charge in [-0.05, 0) is 44.0 Å². The van der Waals surface area contributed by atoms with Crippen molar-refractivity contribution in [1.82, 2.24) is 19.9 Å². The second-order valence-electron chi connectivity index (χ2n) is 6.34. The Labute approximate surface area is 146 Å². The standard InChI is InChI=1S/C19H18N6/c1-13-21-8-6-17(23-13)15-5-3-9-25(12-15)19-16(11-20)10-14-4-2-7-22-18(14)24-19/h2,4,6-8,10,15H,3,5,9,12H2,1H3. The molecule has 4 rings (SSSR count). The van der Waals surface area contributed by atoms with Crippen molar-refractivity contribution in [2.45, 2.75) is 25.7 Å². The molecule has 1 aliphatic heterocycles. The van der Waals surface area contributed by atoms with Crippen LogP contribution in [0.4, 0.5) is 5.82 Å². The summed E-state index contributed by atoms with van der Waals surface area (Å²) in [5.41, 5.74) is 2.34. The predicted molar refractivity (Wildman–Crippen MR) is 95.2 cm³/mol. The van der Waals surface area contributed by atoms with Crippen LogP contribution in [0.2, 0.25) is 0 Å². The fourth-order valence-electron chi connectivity index (χ4n) is 3.43. The highest BCUT2D eigenvalue weighted by Gasteiger charge is 2.25. The first kappa shape index (κ1) is 15.5. The first-order valence-electron chi connectivity index (χ1n) is 8.45. The van der Waals surface area contributed by atoms with Gasteiger partial charge in [0.15, 0.2) is 5.65 Å². The fraction of sp³-hybridized carbons (Fsp3) is 0.316. The molecule has 25 heavy (non-hydrogen) atoms. The smallest absolute Gasteiger partial charge is 0.161 e. The second-order valence-corrected chi connectivity index (χ2v) is 6.34. The molecule has 124 valence electrons. The zero-order valence-electron chi connectivity index (χ0n) is 14.1. The topological polar surface area (TPSA) is 78.6 Å². The van der Waals surface area contributed by atoms with Gasteiger partial charge in [-0.25, -0.2) is 19.9 Å². The van der Waals surface area contributed by atoms with Crippen LogP contribution in [0.25, 0.3) is 11.0 Å². The predicted octanol–water partition coefficient (Wildman–Crippen LogP) is 2.98. The number of aryl methyl sites for hydroxylation is 1. The van der Waals surface area contributed by atoms with E-state index >= 15 is 0 Å². The molecule has 0 radical (unpaired) electrons. The summed E-state index contributed by atoms with van der Waals surface area (Å²) in [6, 6.07) is 9.95. The Morgan fingerprint density at radius 2 is 2.12 bits per heavy atom. The Hall–Kier alpha value is -3.07. The lowest BCUT2D eigenvalue weighted by molar-refractivity contribution is 0.497. The minimum absolute atomic E-state index is 0.322. The van der Waals surface area contributed by atoms with E-state index in [0.717, 1.165) is 48.7 Å². The summed E-state index contributed by atoms with van der Waals surface area (Å²) in [5.74, 6) is 1.84. The van der Waals surface area contributed by atoms with Crippen molar-refractivity contribution in [2.24, 2.45) is 0 Å². The third kappa shape index (κ3) is 3.01. The first-order valence-corrected chi connectivity index (χ1v) is 8.45. The van der Waals surface area contributed by atoms with E-state index in [1.807, 2.05) is 37.4 Å². The van der Waals surface area contributed by atoms with Crippen LogP contribution in [0.3, 0.4) is 0 Å². The van der Waals surface area contributed by atoms with E-state index in [9.17, 15) is 5.26 Å². The van der Waals surface area contributed by atoms with Crippen molar-refractivity contribution in [2.75, 3.05) is 18.0 Å². The van der Waals surface area contributed by atoms with Crippen molar-refractivity contribution in [3.8, 4) is 6.07 Å². The second kappa shape index (κ2) is 6.44. The van der Waals surface area contributed by atoms with Gasteiger partial charge in [-0.2, -0.15) is 5.26 Å². The average Bonchev–Trinajstić information content (AvgIpc) is 2.67. The zero-order valence-corrected chi connectivity index (χ0v) is 14.1. The van der Waals surface area contributed by atoms with Crippen molar-refractivity contribution >= 4 is 16.9 Å². The molecule has 0 amide bonds. The number of nitriles is 1. The Morgan fingerprint density at radius 1 is 1.20 bits per heavy atom. The van der Waals surface area contributed by atoms with Gasteiger partial charge in [0.2, 0.25) is 0 Å². The number of nitrogens with zero attached hydrogens (tertiary/aromatic N) is 6. The summed E-state index contributed by atoms with van der Waals surface area (Å²) in [7, 11) is 0. The summed E-state index contributed by atoms with van der Waals surface area (Å²) in [4.78, 5) is 20.0. The number of piperidine rings is 1. The van der Waals surface area contributed by atoms with Crippen molar-refractivity contribution in [3.63, 3.8) is 0 Å². The minimum atomic E-state index is 0.322. The molecule has 0 aliphatic carbocycles. The number of hydrogen-bond acceptors (Lipinski definition) is 6. The maximum absolute atomic E-state index is 9.57. The molecular weight excluding hydrogens is 312 g/mol. The third-order valence-corrected chi connectivity index (χ3v) is 4.63. The van der Waals surface area contributed by atoms with E-state index in [2.05, 4.69) is 30.9 Å². The lowest BCUT2D eigenvalue weighted by Gasteiger charge is -2.33. The summed E-state index contributed by atoms with van der Waals surface area (Å²) < 4.78 is 0. The number of anilines is 1. The van der Waals surface area contributed by atoms with Gasteiger partial charge in [0.05, 0.1) is 5.56 Å². The summed E-state index contributed by atoms with van der Waals surface area (Å²) >= 11 is 0. The van der Waals surface area contributed by atoms with E-state index in [4.69, 9.17) is 0 Å². The molecule has 0 saturated carbocycles. The largest absolute Gasteiger partial charge is 0.355 e. The van der Waals surface area contributed by atoms with Gasteiger partial charge in [0.25, 0.3) is 0 Å². The van der Waals surface area contributed by atoms with Crippen molar-refractivity contribution in [3.05, 3.63) is 53.7 Å². The van der Waals surface area contributed by atoms with Gasteiger partial charge in [0, 0.05) is 42.5 Å². The number of rotatable bonds is 2. The molecule has 6 nitrogen and oxygen atoms in total. The number of hydrogen-bond donors (Lipinski definition) is 0. The molecule has 0 N–H and O–H groups in total. The van der Waals surface area contributed by atoms with Crippen LogP contribution in [-0.2, 0) is 0 Å². The van der Waals surface area contributed by atoms with Crippen molar-refractivity contribution < 1.29 is 0 Å². The zero-order chi connectivity index (χ0) is 17.2. The molecule has 1 unspecified atom stereocenters. The van der Waals surface area contributed by atoms with Crippen LogP contribution in [-0.4, -0.2) is 33.0 Å². The SMILES string of the molecule is Cc1nccc(C2CCCN(c3nc4ncccc4cc3C#N)C2)n1. The van der Waals surface area contributed by atoms with Gasteiger partial charge >= 0.3 is 0 Å². The third-order valence-electron chi connectivity index (χ3n) is 4.63. The number of pyridine rings is 2. The van der Waals surface area contributed by atoms with Gasteiger partial charge in [0.1, 0.15) is 17.7 Å². The van der Waals surface area contributed by atoms with Crippen molar-refractivity contribution in [1.29, 1.82) is 5.26 Å². The minimum Gasteiger partial charge on any atom is -0.355 e. The molecule has 3 aromatic heterocycles. The highest BCUT2D eigenvalue weighted by molar-refractivity contribution is 5.79. The molecule has 4 heterocycles. The van der Waals surface area contributed by atoms with Gasteiger partial charge in [-0.15, -0.1) is 0 Å². The van der Waals surface area contributed by atoms with Crippen LogP contribution in [0.5, 0.6) is 0 Å². The molecule has 1 atom stereocenters. The summed E-state index contributed by atoms with van der Waals surface area (Å²) in [6.07, 6.45) is 5.67. The van der Waals surface area contributed by atoms with Crippen LogP contribution in [0.15, 0.2) is 36.7 Å². The average molecular weight is 330 g/mol. The fourth-order valence-corrected chi connectivity index (χ4v) is 3.43. The van der Waals surface area contributed by atoms with E-state index in [1.54, 1.807) is 6.20 Å². The molecule has 1 aliphatic rings. The van der Waals surface area contributed by atoms with Gasteiger partial charge in [-0.1, -0.05) is 0 Å². The van der Waals surface area contributed by atoms with Crippen LogP contribution in [0, 0.1) is 18.3 Å². The van der Waals surface area contributed by atoms with E-state index in [0.29, 0.717) is 17.1 Å². The number of fused-ring (bicyclic) bond motifs is 1. The molecule has 6 heteroatoms. The van der Waals surface area contributed by atoms with E-state index < -0.39 is 0 Å². The number of aromatic nitrogens is 4. The maximum atomic E-state index is 9.57. The molecule has 0 spiro atoms. The van der Waals surface area contributed by atoms with Gasteiger partial charge < -0.3 is 4.90 Å². The molecule has 3 aromatic rings. The molecule has 0 bridgehead atoms. The Balaban J connectivity index is 1.69. The molecule has 1 fully saturated rings.